The van der Waals surface area contributed by atoms with Crippen LogP contribution in [0.5, 0.6) is 5.75 Å². The zero-order valence-corrected chi connectivity index (χ0v) is 11.9. The predicted molar refractivity (Wildman–Crippen MR) is 73.7 cm³/mol. The summed E-state index contributed by atoms with van der Waals surface area (Å²) in [4.78, 5) is 11.8. The van der Waals surface area contributed by atoms with Crippen LogP contribution in [0.25, 0.3) is 0 Å². The van der Waals surface area contributed by atoms with E-state index in [9.17, 15) is 4.79 Å². The quantitative estimate of drug-likeness (QED) is 0.659. The number of hydrogen-bond acceptors (Lipinski definition) is 3. The summed E-state index contributed by atoms with van der Waals surface area (Å²) < 4.78 is 5.38. The number of nitrogens with two attached hydrogens (primary N) is 1. The van der Waals surface area contributed by atoms with E-state index in [2.05, 4.69) is 0 Å². The number of rotatable bonds is 4. The van der Waals surface area contributed by atoms with E-state index in [1.807, 2.05) is 46.8 Å². The van der Waals surface area contributed by atoms with Crippen molar-refractivity contribution >= 4 is 5.97 Å². The van der Waals surface area contributed by atoms with Gasteiger partial charge in [-0.05, 0) is 55.9 Å². The monoisotopic (exact) mass is 249 g/mol. The van der Waals surface area contributed by atoms with Gasteiger partial charge in [0.15, 0.2) is 0 Å². The third-order valence-electron chi connectivity index (χ3n) is 3.03. The molecule has 0 aliphatic carbocycles. The minimum atomic E-state index is -0.550. The first-order valence-electron chi connectivity index (χ1n) is 6.36. The number of carbonyl (C=O) groups is 1. The van der Waals surface area contributed by atoms with E-state index in [0.29, 0.717) is 18.1 Å². The molecule has 0 aliphatic heterocycles. The van der Waals surface area contributed by atoms with Gasteiger partial charge in [0.25, 0.3) is 0 Å². The Morgan fingerprint density at radius 3 is 2.28 bits per heavy atom. The minimum Gasteiger partial charge on any atom is -0.425 e. The fourth-order valence-corrected chi connectivity index (χ4v) is 1.83. The first-order chi connectivity index (χ1) is 8.31. The molecule has 0 fully saturated rings. The second-order valence-electron chi connectivity index (χ2n) is 5.36. The maximum atomic E-state index is 11.8. The third-order valence-corrected chi connectivity index (χ3v) is 3.03. The number of hydrogen-bond donors (Lipinski definition) is 1. The molecule has 1 aromatic rings. The summed E-state index contributed by atoms with van der Waals surface area (Å²) in [5, 5.41) is 0. The standard InChI is InChI=1S/C15H23NO2/c1-9(2)6-13(16)15(17)18-14-8-11(4)10(3)7-12(14)5/h7-9,13H,6,16H2,1-5H3. The minimum absolute atomic E-state index is 0.352. The van der Waals surface area contributed by atoms with Gasteiger partial charge in [-0.15, -0.1) is 0 Å². The van der Waals surface area contributed by atoms with Crippen LogP contribution in [0.1, 0.15) is 37.0 Å². The Morgan fingerprint density at radius 2 is 1.72 bits per heavy atom. The molecule has 0 heterocycles. The summed E-state index contributed by atoms with van der Waals surface area (Å²) in [6.45, 7) is 10.0. The van der Waals surface area contributed by atoms with Gasteiger partial charge in [0.2, 0.25) is 0 Å². The van der Waals surface area contributed by atoms with E-state index < -0.39 is 6.04 Å². The molecule has 1 rings (SSSR count). The van der Waals surface area contributed by atoms with Crippen molar-refractivity contribution in [3.8, 4) is 5.75 Å². The molecular formula is C15H23NO2. The van der Waals surface area contributed by atoms with E-state index in [4.69, 9.17) is 10.5 Å². The first kappa shape index (κ1) is 14.7. The average molecular weight is 249 g/mol. The average Bonchev–Trinajstić information content (AvgIpc) is 2.24. The van der Waals surface area contributed by atoms with Crippen molar-refractivity contribution in [3.63, 3.8) is 0 Å². The summed E-state index contributed by atoms with van der Waals surface area (Å²) in [7, 11) is 0. The number of esters is 1. The van der Waals surface area contributed by atoms with Crippen molar-refractivity contribution in [2.75, 3.05) is 0 Å². The van der Waals surface area contributed by atoms with Gasteiger partial charge in [-0.25, -0.2) is 4.79 Å². The second-order valence-corrected chi connectivity index (χ2v) is 5.36. The Kier molecular flexibility index (Phi) is 4.91. The molecule has 0 aliphatic rings. The summed E-state index contributed by atoms with van der Waals surface area (Å²) in [6, 6.07) is 3.36. The van der Waals surface area contributed by atoms with Crippen LogP contribution in [-0.2, 0) is 4.79 Å². The molecule has 2 N–H and O–H groups in total. The number of carbonyl (C=O) groups excluding carboxylic acids is 1. The van der Waals surface area contributed by atoms with Crippen molar-refractivity contribution < 1.29 is 9.53 Å². The van der Waals surface area contributed by atoms with E-state index in [1.165, 1.54) is 5.56 Å². The molecule has 3 nitrogen and oxygen atoms in total. The molecule has 0 radical (unpaired) electrons. The molecule has 100 valence electrons. The summed E-state index contributed by atoms with van der Waals surface area (Å²) in [6.07, 6.45) is 0.642. The van der Waals surface area contributed by atoms with Crippen LogP contribution >= 0.6 is 0 Å². The van der Waals surface area contributed by atoms with E-state index in [0.717, 1.165) is 11.1 Å². The molecule has 3 heteroatoms. The van der Waals surface area contributed by atoms with Gasteiger partial charge in [-0.3, -0.25) is 0 Å². The SMILES string of the molecule is Cc1cc(C)c(OC(=O)C(N)CC(C)C)cc1C. The fraction of sp³-hybridized carbons (Fsp3) is 0.533. The Labute approximate surface area is 109 Å². The van der Waals surface area contributed by atoms with Gasteiger partial charge in [-0.2, -0.15) is 0 Å². The molecule has 0 amide bonds. The van der Waals surface area contributed by atoms with Gasteiger partial charge in [-0.1, -0.05) is 19.9 Å². The highest BCUT2D eigenvalue weighted by atomic mass is 16.5. The van der Waals surface area contributed by atoms with Crippen molar-refractivity contribution in [3.05, 3.63) is 28.8 Å². The highest BCUT2D eigenvalue weighted by Gasteiger charge is 2.18. The molecule has 1 aromatic carbocycles. The highest BCUT2D eigenvalue weighted by molar-refractivity contribution is 5.78. The Hall–Kier alpha value is -1.35. The van der Waals surface area contributed by atoms with Crippen molar-refractivity contribution in [2.24, 2.45) is 11.7 Å². The molecule has 0 saturated carbocycles. The smallest absolute Gasteiger partial charge is 0.328 e. The summed E-state index contributed by atoms with van der Waals surface area (Å²) in [5.74, 6) is 0.644. The largest absolute Gasteiger partial charge is 0.425 e. The number of ether oxygens (including phenoxy) is 1. The lowest BCUT2D eigenvalue weighted by Crippen LogP contribution is -2.35. The highest BCUT2D eigenvalue weighted by Crippen LogP contribution is 2.23. The van der Waals surface area contributed by atoms with Crippen LogP contribution in [-0.4, -0.2) is 12.0 Å². The third kappa shape index (κ3) is 3.84. The zero-order chi connectivity index (χ0) is 13.9. The van der Waals surface area contributed by atoms with Crippen LogP contribution in [0.4, 0.5) is 0 Å². The number of benzene rings is 1. The summed E-state index contributed by atoms with van der Waals surface area (Å²) in [5.41, 5.74) is 9.08. The van der Waals surface area contributed by atoms with Crippen LogP contribution < -0.4 is 10.5 Å². The number of aryl methyl sites for hydroxylation is 3. The van der Waals surface area contributed by atoms with Crippen molar-refractivity contribution in [1.82, 2.24) is 0 Å². The van der Waals surface area contributed by atoms with Gasteiger partial charge in [0, 0.05) is 0 Å². The molecule has 0 spiro atoms. The molecule has 0 saturated heterocycles. The lowest BCUT2D eigenvalue weighted by molar-refractivity contribution is -0.136. The fourth-order valence-electron chi connectivity index (χ4n) is 1.83. The van der Waals surface area contributed by atoms with Gasteiger partial charge in [0.05, 0.1) is 0 Å². The van der Waals surface area contributed by atoms with E-state index in [1.54, 1.807) is 0 Å². The Morgan fingerprint density at radius 1 is 1.17 bits per heavy atom. The van der Waals surface area contributed by atoms with Crippen molar-refractivity contribution in [2.45, 2.75) is 47.1 Å². The predicted octanol–water partition coefficient (Wildman–Crippen LogP) is 2.89. The van der Waals surface area contributed by atoms with Crippen LogP contribution in [0.15, 0.2) is 12.1 Å². The van der Waals surface area contributed by atoms with Gasteiger partial charge in [0.1, 0.15) is 11.8 Å². The lowest BCUT2D eigenvalue weighted by atomic mass is 10.0. The summed E-state index contributed by atoms with van der Waals surface area (Å²) >= 11 is 0. The van der Waals surface area contributed by atoms with Gasteiger partial charge < -0.3 is 10.5 Å². The van der Waals surface area contributed by atoms with E-state index >= 15 is 0 Å². The first-order valence-corrected chi connectivity index (χ1v) is 6.36. The maximum Gasteiger partial charge on any atom is 0.328 e. The van der Waals surface area contributed by atoms with Crippen molar-refractivity contribution in [1.29, 1.82) is 0 Å². The Bertz CT molecular complexity index is 438. The van der Waals surface area contributed by atoms with Crippen LogP contribution in [0.2, 0.25) is 0 Å². The normalized spacial score (nSPS) is 12.6. The lowest BCUT2D eigenvalue weighted by Gasteiger charge is -2.15. The molecular weight excluding hydrogens is 226 g/mol. The second kappa shape index (κ2) is 6.01. The molecule has 0 bridgehead atoms. The molecule has 0 aromatic heterocycles. The van der Waals surface area contributed by atoms with E-state index in [-0.39, 0.29) is 5.97 Å². The maximum absolute atomic E-state index is 11.8. The zero-order valence-electron chi connectivity index (χ0n) is 11.9. The molecule has 1 unspecified atom stereocenters. The van der Waals surface area contributed by atoms with Crippen LogP contribution in [0, 0.1) is 26.7 Å². The van der Waals surface area contributed by atoms with Crippen LogP contribution in [0.3, 0.4) is 0 Å². The topological polar surface area (TPSA) is 52.3 Å². The van der Waals surface area contributed by atoms with Gasteiger partial charge >= 0.3 is 5.97 Å². The Balaban J connectivity index is 2.79. The molecule has 1 atom stereocenters. The molecule has 18 heavy (non-hydrogen) atoms.